The first-order chi connectivity index (χ1) is 7.80. The van der Waals surface area contributed by atoms with Gasteiger partial charge in [-0.25, -0.2) is 0 Å². The van der Waals surface area contributed by atoms with Crippen molar-refractivity contribution in [2.45, 2.75) is 13.1 Å². The minimum atomic E-state index is 0.148. The molecule has 88 valence electrons. The Morgan fingerprint density at radius 2 is 2.31 bits per heavy atom. The van der Waals surface area contributed by atoms with Crippen molar-refractivity contribution in [2.75, 3.05) is 19.7 Å². The predicted molar refractivity (Wildman–Crippen MR) is 64.7 cm³/mol. The smallest absolute Gasteiger partial charge is 0.0558 e. The molecule has 0 aliphatic carbocycles. The third-order valence-corrected chi connectivity index (χ3v) is 2.31. The molecule has 1 heterocycles. The summed E-state index contributed by atoms with van der Waals surface area (Å²) >= 11 is 0. The van der Waals surface area contributed by atoms with Gasteiger partial charge in [-0.3, -0.25) is 9.88 Å². The number of aromatic nitrogens is 1. The van der Waals surface area contributed by atoms with E-state index in [1.807, 2.05) is 18.2 Å². The van der Waals surface area contributed by atoms with Crippen molar-refractivity contribution in [1.82, 2.24) is 9.88 Å². The van der Waals surface area contributed by atoms with Crippen LogP contribution in [-0.2, 0) is 13.1 Å². The summed E-state index contributed by atoms with van der Waals surface area (Å²) in [5, 5.41) is 8.91. The van der Waals surface area contributed by atoms with Gasteiger partial charge in [0, 0.05) is 32.4 Å². The Bertz CT molecular complexity index is 311. The summed E-state index contributed by atoms with van der Waals surface area (Å²) in [7, 11) is 0. The molecule has 0 bridgehead atoms. The van der Waals surface area contributed by atoms with E-state index in [-0.39, 0.29) is 6.61 Å². The van der Waals surface area contributed by atoms with Gasteiger partial charge in [0.05, 0.1) is 12.3 Å². The van der Waals surface area contributed by atoms with E-state index in [2.05, 4.69) is 16.5 Å². The number of aliphatic hydroxyl groups excluding tert-OH is 1. The lowest BCUT2D eigenvalue weighted by atomic mass is 10.2. The molecule has 1 aromatic heterocycles. The van der Waals surface area contributed by atoms with Crippen LogP contribution >= 0.6 is 0 Å². The van der Waals surface area contributed by atoms with Crippen molar-refractivity contribution >= 4 is 0 Å². The number of hydrogen-bond acceptors (Lipinski definition) is 4. The van der Waals surface area contributed by atoms with Crippen LogP contribution in [-0.4, -0.2) is 34.7 Å². The van der Waals surface area contributed by atoms with E-state index < -0.39 is 0 Å². The van der Waals surface area contributed by atoms with Crippen LogP contribution in [0, 0.1) is 0 Å². The Kier molecular flexibility index (Phi) is 5.71. The van der Waals surface area contributed by atoms with Crippen molar-refractivity contribution in [1.29, 1.82) is 0 Å². The zero-order valence-electron chi connectivity index (χ0n) is 9.47. The van der Waals surface area contributed by atoms with Crippen molar-refractivity contribution in [3.63, 3.8) is 0 Å². The van der Waals surface area contributed by atoms with Gasteiger partial charge in [-0.05, 0) is 11.6 Å². The lowest BCUT2D eigenvalue weighted by Crippen LogP contribution is -2.27. The van der Waals surface area contributed by atoms with Crippen LogP contribution in [0.1, 0.15) is 11.3 Å². The molecule has 16 heavy (non-hydrogen) atoms. The Morgan fingerprint density at radius 3 is 2.81 bits per heavy atom. The topological polar surface area (TPSA) is 62.4 Å². The van der Waals surface area contributed by atoms with Crippen molar-refractivity contribution in [3.8, 4) is 0 Å². The van der Waals surface area contributed by atoms with Crippen LogP contribution < -0.4 is 5.73 Å². The number of rotatable bonds is 7. The summed E-state index contributed by atoms with van der Waals surface area (Å²) in [6, 6.07) is 3.95. The van der Waals surface area contributed by atoms with Gasteiger partial charge in [0.15, 0.2) is 0 Å². The summed E-state index contributed by atoms with van der Waals surface area (Å²) in [4.78, 5) is 6.40. The second-order valence-electron chi connectivity index (χ2n) is 3.61. The van der Waals surface area contributed by atoms with Gasteiger partial charge in [-0.15, -0.1) is 6.58 Å². The largest absolute Gasteiger partial charge is 0.395 e. The Morgan fingerprint density at radius 1 is 1.50 bits per heavy atom. The summed E-state index contributed by atoms with van der Waals surface area (Å²) in [6.07, 6.45) is 3.62. The van der Waals surface area contributed by atoms with Gasteiger partial charge in [0.1, 0.15) is 0 Å². The Labute approximate surface area is 96.4 Å². The molecule has 0 amide bonds. The van der Waals surface area contributed by atoms with E-state index in [1.54, 1.807) is 6.20 Å². The number of pyridine rings is 1. The molecule has 0 aromatic carbocycles. The number of nitrogens with two attached hydrogens (primary N) is 1. The number of aliphatic hydroxyl groups is 1. The molecule has 0 radical (unpaired) electrons. The molecule has 0 aliphatic rings. The fourth-order valence-electron chi connectivity index (χ4n) is 1.46. The van der Waals surface area contributed by atoms with Crippen LogP contribution in [0.25, 0.3) is 0 Å². The number of nitrogens with zero attached hydrogens (tertiary/aromatic N) is 2. The third kappa shape index (κ3) is 4.10. The van der Waals surface area contributed by atoms with Gasteiger partial charge in [-0.1, -0.05) is 12.1 Å². The van der Waals surface area contributed by atoms with E-state index in [0.29, 0.717) is 13.1 Å². The standard InChI is InChI=1S/C12H19N3O/c1-2-5-15(6-7-16)10-12-4-3-11(8-13)9-14-12/h2-4,9,16H,1,5-8,10,13H2. The molecule has 1 aromatic rings. The SMILES string of the molecule is C=CCN(CCO)Cc1ccc(CN)cn1. The highest BCUT2D eigenvalue weighted by molar-refractivity contribution is 5.13. The minimum absolute atomic E-state index is 0.148. The molecule has 0 atom stereocenters. The lowest BCUT2D eigenvalue weighted by Gasteiger charge is -2.18. The molecule has 0 saturated heterocycles. The number of hydrogen-bond donors (Lipinski definition) is 2. The van der Waals surface area contributed by atoms with Gasteiger partial charge in [0.25, 0.3) is 0 Å². The van der Waals surface area contributed by atoms with E-state index in [0.717, 1.165) is 24.3 Å². The normalized spacial score (nSPS) is 10.7. The van der Waals surface area contributed by atoms with Gasteiger partial charge >= 0.3 is 0 Å². The van der Waals surface area contributed by atoms with Crippen LogP contribution in [0.4, 0.5) is 0 Å². The summed E-state index contributed by atoms with van der Waals surface area (Å²) in [5.41, 5.74) is 7.51. The van der Waals surface area contributed by atoms with Crippen molar-refractivity contribution < 1.29 is 5.11 Å². The van der Waals surface area contributed by atoms with Gasteiger partial charge < -0.3 is 10.8 Å². The summed E-state index contributed by atoms with van der Waals surface area (Å²) in [6.45, 7) is 6.46. The Hall–Kier alpha value is -1.23. The highest BCUT2D eigenvalue weighted by Gasteiger charge is 2.04. The highest BCUT2D eigenvalue weighted by atomic mass is 16.3. The molecule has 0 unspecified atom stereocenters. The maximum atomic E-state index is 8.91. The van der Waals surface area contributed by atoms with Crippen LogP contribution in [0.15, 0.2) is 31.0 Å². The molecular weight excluding hydrogens is 202 g/mol. The van der Waals surface area contributed by atoms with Crippen molar-refractivity contribution in [2.24, 2.45) is 5.73 Å². The molecule has 0 fully saturated rings. The predicted octanol–water partition coefficient (Wildman–Crippen LogP) is 0.521. The fourth-order valence-corrected chi connectivity index (χ4v) is 1.46. The van der Waals surface area contributed by atoms with E-state index >= 15 is 0 Å². The van der Waals surface area contributed by atoms with Gasteiger partial charge in [0.2, 0.25) is 0 Å². The lowest BCUT2D eigenvalue weighted by molar-refractivity contribution is 0.202. The average Bonchev–Trinajstić information content (AvgIpc) is 2.31. The molecule has 0 saturated carbocycles. The molecular formula is C12H19N3O. The summed E-state index contributed by atoms with van der Waals surface area (Å²) < 4.78 is 0. The van der Waals surface area contributed by atoms with E-state index in [9.17, 15) is 0 Å². The first kappa shape index (κ1) is 12.8. The fraction of sp³-hybridized carbons (Fsp3) is 0.417. The molecule has 1 rings (SSSR count). The quantitative estimate of drug-likeness (QED) is 0.659. The first-order valence-corrected chi connectivity index (χ1v) is 5.38. The van der Waals surface area contributed by atoms with Crippen LogP contribution in [0.2, 0.25) is 0 Å². The maximum Gasteiger partial charge on any atom is 0.0558 e. The van der Waals surface area contributed by atoms with E-state index in [4.69, 9.17) is 10.8 Å². The second kappa shape index (κ2) is 7.11. The third-order valence-electron chi connectivity index (χ3n) is 2.31. The molecule has 4 heteroatoms. The van der Waals surface area contributed by atoms with Crippen molar-refractivity contribution in [3.05, 3.63) is 42.2 Å². The average molecular weight is 221 g/mol. The van der Waals surface area contributed by atoms with Crippen LogP contribution in [0.5, 0.6) is 0 Å². The monoisotopic (exact) mass is 221 g/mol. The molecule has 3 N–H and O–H groups in total. The molecule has 0 aliphatic heterocycles. The molecule has 4 nitrogen and oxygen atoms in total. The zero-order valence-corrected chi connectivity index (χ0v) is 9.47. The maximum absolute atomic E-state index is 8.91. The van der Waals surface area contributed by atoms with Crippen LogP contribution in [0.3, 0.4) is 0 Å². The highest BCUT2D eigenvalue weighted by Crippen LogP contribution is 2.03. The second-order valence-corrected chi connectivity index (χ2v) is 3.61. The summed E-state index contributed by atoms with van der Waals surface area (Å²) in [5.74, 6) is 0. The molecule has 0 spiro atoms. The van der Waals surface area contributed by atoms with Gasteiger partial charge in [-0.2, -0.15) is 0 Å². The Balaban J connectivity index is 2.58. The minimum Gasteiger partial charge on any atom is -0.395 e. The van der Waals surface area contributed by atoms with E-state index in [1.165, 1.54) is 0 Å². The first-order valence-electron chi connectivity index (χ1n) is 5.38. The zero-order chi connectivity index (χ0) is 11.8.